The van der Waals surface area contributed by atoms with E-state index in [1.807, 2.05) is 19.1 Å². The molecule has 2 nitrogen and oxygen atoms in total. The minimum Gasteiger partial charge on any atom is -0.315 e. The van der Waals surface area contributed by atoms with Crippen molar-refractivity contribution in [1.29, 1.82) is 0 Å². The van der Waals surface area contributed by atoms with Gasteiger partial charge >= 0.3 is 0 Å². The van der Waals surface area contributed by atoms with E-state index in [0.717, 1.165) is 5.56 Å². The minimum absolute atomic E-state index is 0.196. The van der Waals surface area contributed by atoms with Crippen molar-refractivity contribution in [2.24, 2.45) is 0 Å². The second-order valence-corrected chi connectivity index (χ2v) is 6.78. The fraction of sp³-hybridized carbons (Fsp3) is 0.364. The maximum absolute atomic E-state index is 11.9. The van der Waals surface area contributed by atoms with Crippen LogP contribution in [0.25, 0.3) is 0 Å². The summed E-state index contributed by atoms with van der Waals surface area (Å²) >= 11 is 0. The fourth-order valence-electron chi connectivity index (χ4n) is 1.21. The van der Waals surface area contributed by atoms with Crippen molar-refractivity contribution in [3.63, 3.8) is 0 Å². The number of hydrogen-bond donors (Lipinski definition) is 0. The van der Waals surface area contributed by atoms with Gasteiger partial charge < -0.3 is 4.57 Å². The Hall–Kier alpha value is -0.880. The van der Waals surface area contributed by atoms with Crippen LogP contribution in [0.3, 0.4) is 0 Å². The van der Waals surface area contributed by atoms with Gasteiger partial charge in [0, 0.05) is 11.7 Å². The molecule has 0 aliphatic carbocycles. The number of benzene rings is 1. The molecule has 76 valence electrons. The van der Waals surface area contributed by atoms with Crippen molar-refractivity contribution in [1.82, 2.24) is 0 Å². The van der Waals surface area contributed by atoms with Crippen LogP contribution < -0.4 is 0 Å². The molecule has 1 rings (SSSR count). The second-order valence-electron chi connectivity index (χ2n) is 3.54. The van der Waals surface area contributed by atoms with E-state index in [0.29, 0.717) is 11.7 Å². The van der Waals surface area contributed by atoms with E-state index in [-0.39, 0.29) is 5.52 Å². The summed E-state index contributed by atoms with van der Waals surface area (Å²) in [5.74, 6) is 0. The van der Waals surface area contributed by atoms with Crippen LogP contribution in [0.5, 0.6) is 0 Å². The number of carbonyl (C=O) groups excluding carboxylic acids is 1. The van der Waals surface area contributed by atoms with Crippen LogP contribution in [0, 0.1) is 6.92 Å². The van der Waals surface area contributed by atoms with Gasteiger partial charge in [-0.2, -0.15) is 0 Å². The first-order chi connectivity index (χ1) is 6.49. The Balaban J connectivity index is 3.14. The summed E-state index contributed by atoms with van der Waals surface area (Å²) in [6.45, 7) is 5.21. The van der Waals surface area contributed by atoms with Crippen molar-refractivity contribution in [3.8, 4) is 0 Å². The lowest BCUT2D eigenvalue weighted by Gasteiger charge is -2.10. The van der Waals surface area contributed by atoms with Crippen LogP contribution in [-0.4, -0.2) is 18.4 Å². The lowest BCUT2D eigenvalue weighted by atomic mass is 10.1. The minimum atomic E-state index is -2.65. The van der Waals surface area contributed by atoms with E-state index in [9.17, 15) is 9.36 Å². The number of hydrogen-bond acceptors (Lipinski definition) is 2. The van der Waals surface area contributed by atoms with E-state index in [1.54, 1.807) is 25.7 Å². The van der Waals surface area contributed by atoms with E-state index in [1.165, 1.54) is 0 Å². The van der Waals surface area contributed by atoms with Crippen molar-refractivity contribution in [2.75, 3.05) is 12.8 Å². The molecule has 0 bridgehead atoms. The molecule has 1 atom stereocenters. The Bertz CT molecular complexity index is 396. The first kappa shape index (κ1) is 11.2. The molecule has 14 heavy (non-hydrogen) atoms. The van der Waals surface area contributed by atoms with Crippen LogP contribution in [0.4, 0.5) is 0 Å². The van der Waals surface area contributed by atoms with Gasteiger partial charge in [0.05, 0.1) is 0 Å². The Labute approximate surface area is 84.7 Å². The summed E-state index contributed by atoms with van der Waals surface area (Å²) < 4.78 is 11.9. The van der Waals surface area contributed by atoms with Gasteiger partial charge in [0.25, 0.3) is 0 Å². The summed E-state index contributed by atoms with van der Waals surface area (Å²) in [5, 5.41) is 0. The highest BCUT2D eigenvalue weighted by atomic mass is 31.2. The summed E-state index contributed by atoms with van der Waals surface area (Å²) in [5.41, 5.74) is 1.30. The summed E-state index contributed by atoms with van der Waals surface area (Å²) in [4.78, 5) is 11.9. The average molecular weight is 210 g/mol. The molecule has 0 aromatic heterocycles. The summed E-state index contributed by atoms with van der Waals surface area (Å²) in [6.07, 6.45) is 0.431. The van der Waals surface area contributed by atoms with Crippen molar-refractivity contribution < 1.29 is 9.36 Å². The third-order valence-electron chi connectivity index (χ3n) is 2.41. The lowest BCUT2D eigenvalue weighted by molar-refractivity contribution is 0.107. The van der Waals surface area contributed by atoms with Gasteiger partial charge in [-0.1, -0.05) is 31.2 Å². The average Bonchev–Trinajstić information content (AvgIpc) is 2.17. The Kier molecular flexibility index (Phi) is 3.28. The largest absolute Gasteiger partial charge is 0.315 e. The molecule has 1 aromatic carbocycles. The molecule has 0 radical (unpaired) electrons. The molecule has 1 aromatic rings. The van der Waals surface area contributed by atoms with Gasteiger partial charge in [0.15, 0.2) is 7.14 Å². The van der Waals surface area contributed by atoms with Crippen LogP contribution in [0.1, 0.15) is 22.8 Å². The van der Waals surface area contributed by atoms with Crippen LogP contribution in [0.2, 0.25) is 0 Å². The molecule has 0 saturated carbocycles. The SMILES string of the molecule is CCP(C)(=O)C(=O)c1ccccc1C. The standard InChI is InChI=1S/C11H15O2P/c1-4-14(3,13)11(12)10-8-6-5-7-9(10)2/h5-8H,4H2,1-3H3. The maximum atomic E-state index is 11.9. The molecule has 0 aliphatic heterocycles. The maximum Gasteiger partial charge on any atom is 0.221 e. The zero-order valence-corrected chi connectivity index (χ0v) is 9.67. The highest BCUT2D eigenvalue weighted by Crippen LogP contribution is 2.44. The zero-order valence-electron chi connectivity index (χ0n) is 8.78. The third kappa shape index (κ3) is 2.13. The zero-order chi connectivity index (χ0) is 10.8. The number of aryl methyl sites for hydroxylation is 1. The summed E-state index contributed by atoms with van der Waals surface area (Å²) in [7, 11) is -2.65. The topological polar surface area (TPSA) is 34.1 Å². The predicted molar refractivity (Wildman–Crippen MR) is 59.6 cm³/mol. The van der Waals surface area contributed by atoms with Gasteiger partial charge in [0.1, 0.15) is 0 Å². The number of rotatable bonds is 3. The quantitative estimate of drug-likeness (QED) is 0.718. The molecule has 0 spiro atoms. The first-order valence-corrected chi connectivity index (χ1v) is 7.00. The lowest BCUT2D eigenvalue weighted by Crippen LogP contribution is -2.03. The molecule has 3 heteroatoms. The first-order valence-electron chi connectivity index (χ1n) is 4.66. The molecule has 0 amide bonds. The molecule has 0 N–H and O–H groups in total. The molecular weight excluding hydrogens is 195 g/mol. The van der Waals surface area contributed by atoms with Crippen LogP contribution in [-0.2, 0) is 4.57 Å². The Morgan fingerprint density at radius 2 is 1.93 bits per heavy atom. The molecule has 0 aliphatic rings. The Morgan fingerprint density at radius 3 is 2.43 bits per heavy atom. The third-order valence-corrected chi connectivity index (χ3v) is 4.72. The van der Waals surface area contributed by atoms with E-state index >= 15 is 0 Å². The highest BCUT2D eigenvalue weighted by Gasteiger charge is 2.25. The van der Waals surface area contributed by atoms with Crippen molar-refractivity contribution in [2.45, 2.75) is 13.8 Å². The monoisotopic (exact) mass is 210 g/mol. The second kappa shape index (κ2) is 4.10. The smallest absolute Gasteiger partial charge is 0.221 e. The Morgan fingerprint density at radius 1 is 1.36 bits per heavy atom. The van der Waals surface area contributed by atoms with E-state index in [4.69, 9.17) is 0 Å². The van der Waals surface area contributed by atoms with Gasteiger partial charge in [-0.05, 0) is 19.2 Å². The predicted octanol–water partition coefficient (Wildman–Crippen LogP) is 3.15. The van der Waals surface area contributed by atoms with Crippen molar-refractivity contribution in [3.05, 3.63) is 35.4 Å². The van der Waals surface area contributed by atoms with Crippen molar-refractivity contribution >= 4 is 12.7 Å². The number of carbonyl (C=O) groups is 1. The van der Waals surface area contributed by atoms with E-state index in [2.05, 4.69) is 0 Å². The normalized spacial score (nSPS) is 14.8. The summed E-state index contributed by atoms with van der Waals surface area (Å²) in [6, 6.07) is 7.28. The molecule has 0 heterocycles. The van der Waals surface area contributed by atoms with Gasteiger partial charge in [-0.25, -0.2) is 0 Å². The van der Waals surface area contributed by atoms with Gasteiger partial charge in [-0.15, -0.1) is 0 Å². The molecule has 1 unspecified atom stereocenters. The van der Waals surface area contributed by atoms with Gasteiger partial charge in [-0.3, -0.25) is 4.79 Å². The molecule has 0 saturated heterocycles. The molecule has 0 fully saturated rings. The van der Waals surface area contributed by atoms with Crippen LogP contribution >= 0.6 is 7.14 Å². The van der Waals surface area contributed by atoms with E-state index < -0.39 is 7.14 Å². The highest BCUT2D eigenvalue weighted by molar-refractivity contribution is 7.80. The van der Waals surface area contributed by atoms with Crippen LogP contribution in [0.15, 0.2) is 24.3 Å². The fourth-order valence-corrected chi connectivity index (χ4v) is 2.26. The molecular formula is C11H15O2P. The van der Waals surface area contributed by atoms with Gasteiger partial charge in [0.2, 0.25) is 5.52 Å².